The molecule has 5 rings (SSSR count). The molecule has 1 aliphatic heterocycles. The van der Waals surface area contributed by atoms with Crippen molar-refractivity contribution in [1.82, 2.24) is 14.5 Å². The van der Waals surface area contributed by atoms with E-state index in [4.69, 9.17) is 9.98 Å². The molecule has 0 unspecified atom stereocenters. The number of hydrogen-bond acceptors (Lipinski definition) is 4. The second kappa shape index (κ2) is 9.11. The third kappa shape index (κ3) is 4.54. The minimum atomic E-state index is -4.40. The van der Waals surface area contributed by atoms with E-state index in [2.05, 4.69) is 10.3 Å². The molecule has 182 valence electrons. The highest BCUT2D eigenvalue weighted by Gasteiger charge is 2.30. The smallest absolute Gasteiger partial charge is 0.352 e. The van der Waals surface area contributed by atoms with E-state index in [0.717, 1.165) is 51.3 Å². The molecule has 1 N–H and O–H groups in total. The van der Waals surface area contributed by atoms with Crippen LogP contribution in [0.25, 0.3) is 28.1 Å². The molecular formula is C28H24F3N5. The summed E-state index contributed by atoms with van der Waals surface area (Å²) in [6.45, 7) is 5.91. The Kier molecular flexibility index (Phi) is 5.96. The quantitative estimate of drug-likeness (QED) is 0.281. The fourth-order valence-corrected chi connectivity index (χ4v) is 4.17. The van der Waals surface area contributed by atoms with Gasteiger partial charge in [-0.05, 0) is 81.4 Å². The summed E-state index contributed by atoms with van der Waals surface area (Å²) < 4.78 is 41.6. The molecule has 8 heteroatoms. The van der Waals surface area contributed by atoms with Crippen LogP contribution in [0.2, 0.25) is 0 Å². The lowest BCUT2D eigenvalue weighted by Crippen LogP contribution is -2.17. The zero-order valence-electron chi connectivity index (χ0n) is 20.0. The van der Waals surface area contributed by atoms with Gasteiger partial charge in [-0.1, -0.05) is 12.1 Å². The monoisotopic (exact) mass is 487 g/mol. The third-order valence-electron chi connectivity index (χ3n) is 5.82. The van der Waals surface area contributed by atoms with Crippen molar-refractivity contribution in [3.8, 4) is 17.1 Å². The van der Waals surface area contributed by atoms with E-state index in [1.807, 2.05) is 73.9 Å². The number of fused-ring (bicyclic) bond motifs is 2. The van der Waals surface area contributed by atoms with Crippen LogP contribution in [0.5, 0.6) is 0 Å². The maximum atomic E-state index is 13.2. The molecule has 2 aromatic carbocycles. The number of rotatable bonds is 4. The van der Waals surface area contributed by atoms with Crippen molar-refractivity contribution in [3.63, 3.8) is 0 Å². The number of alkyl halides is 3. The number of pyridine rings is 1. The minimum absolute atomic E-state index is 0.0194. The summed E-state index contributed by atoms with van der Waals surface area (Å²) in [7, 11) is 0. The summed E-state index contributed by atoms with van der Waals surface area (Å²) in [5, 5.41) is 4.16. The Morgan fingerprint density at radius 3 is 2.36 bits per heavy atom. The highest BCUT2D eigenvalue weighted by molar-refractivity contribution is 5.84. The number of aryl methyl sites for hydroxylation is 1. The van der Waals surface area contributed by atoms with Crippen molar-refractivity contribution in [1.29, 1.82) is 0 Å². The minimum Gasteiger partial charge on any atom is -0.352 e. The third-order valence-corrected chi connectivity index (χ3v) is 5.82. The number of nitrogens with zero attached hydrogens (tertiary/aromatic N) is 4. The Balaban J connectivity index is 1.79. The number of anilines is 2. The van der Waals surface area contributed by atoms with Gasteiger partial charge in [0.1, 0.15) is 0 Å². The van der Waals surface area contributed by atoms with Gasteiger partial charge in [0.25, 0.3) is 0 Å². The van der Waals surface area contributed by atoms with Crippen molar-refractivity contribution < 1.29 is 13.2 Å². The molecule has 0 saturated carbocycles. The average molecular weight is 488 g/mol. The van der Waals surface area contributed by atoms with Crippen LogP contribution in [-0.4, -0.2) is 20.6 Å². The first-order valence-electron chi connectivity index (χ1n) is 11.6. The first-order valence-corrected chi connectivity index (χ1v) is 11.6. The number of benzene rings is 3. The predicted octanol–water partition coefficient (Wildman–Crippen LogP) is 6.91. The Labute approximate surface area is 206 Å². The molecule has 0 saturated heterocycles. The standard InChI is InChI=1S/C28H24F3N5/c1-17(2)33-24-16-27-25(15-23(24)34-21-8-6-14-32-18(21)3)35-22-7-4-5-9-26(22)36(27)20-12-10-19(11-13-20)28(29,30)31/h4-17,34H,1-3H3. The lowest BCUT2D eigenvalue weighted by Gasteiger charge is -2.21. The van der Waals surface area contributed by atoms with E-state index in [9.17, 15) is 13.2 Å². The topological polar surface area (TPSA) is 55.1 Å². The molecule has 0 spiro atoms. The summed E-state index contributed by atoms with van der Waals surface area (Å²) in [4.78, 5) is 14.0. The molecule has 1 aromatic heterocycles. The zero-order chi connectivity index (χ0) is 25.4. The lowest BCUT2D eigenvalue weighted by atomic mass is 10.1. The Hall–Kier alpha value is -4.20. The Bertz CT molecular complexity index is 1580. The van der Waals surface area contributed by atoms with E-state index in [1.54, 1.807) is 6.20 Å². The van der Waals surface area contributed by atoms with Crippen LogP contribution >= 0.6 is 0 Å². The maximum Gasteiger partial charge on any atom is 0.416 e. The van der Waals surface area contributed by atoms with E-state index < -0.39 is 11.7 Å². The van der Waals surface area contributed by atoms with E-state index >= 15 is 0 Å². The van der Waals surface area contributed by atoms with Crippen molar-refractivity contribution in [2.24, 2.45) is 4.99 Å². The van der Waals surface area contributed by atoms with Crippen LogP contribution in [0, 0.1) is 6.92 Å². The normalized spacial score (nSPS) is 12.6. The van der Waals surface area contributed by atoms with Gasteiger partial charge in [-0.2, -0.15) is 13.2 Å². The fraction of sp³-hybridized carbons (Fsp3) is 0.179. The summed E-state index contributed by atoms with van der Waals surface area (Å²) in [5.74, 6) is 0. The number of halogens is 3. The van der Waals surface area contributed by atoms with Gasteiger partial charge in [0.2, 0.25) is 0 Å². The molecule has 0 fully saturated rings. The number of hydrogen-bond donors (Lipinski definition) is 1. The SMILES string of the molecule is Cc1ncccc1Nc1cc2nc3ccccc3n(-c3ccc(C(F)(F)F)cc3)c-2cc1=NC(C)C. The molecule has 1 aliphatic carbocycles. The number of nitrogens with one attached hydrogen (secondary N) is 1. The van der Waals surface area contributed by atoms with Crippen LogP contribution in [0.4, 0.5) is 24.5 Å². The summed E-state index contributed by atoms with van der Waals surface area (Å²) in [6, 6.07) is 20.4. The van der Waals surface area contributed by atoms with Crippen molar-refractivity contribution in [2.45, 2.75) is 33.0 Å². The summed E-state index contributed by atoms with van der Waals surface area (Å²) in [5.41, 5.74) is 5.31. The molecule has 36 heavy (non-hydrogen) atoms. The van der Waals surface area contributed by atoms with Gasteiger partial charge in [-0.3, -0.25) is 9.98 Å². The highest BCUT2D eigenvalue weighted by Crippen LogP contribution is 2.33. The van der Waals surface area contributed by atoms with Crippen LogP contribution in [-0.2, 0) is 6.18 Å². The molecule has 0 bridgehead atoms. The van der Waals surface area contributed by atoms with Crippen molar-refractivity contribution in [3.05, 3.63) is 95.6 Å². The van der Waals surface area contributed by atoms with E-state index in [-0.39, 0.29) is 6.04 Å². The molecule has 2 aliphatic rings. The van der Waals surface area contributed by atoms with Gasteiger partial charge in [0, 0.05) is 17.9 Å². The van der Waals surface area contributed by atoms with Crippen molar-refractivity contribution >= 4 is 22.4 Å². The zero-order valence-corrected chi connectivity index (χ0v) is 20.0. The lowest BCUT2D eigenvalue weighted by molar-refractivity contribution is -0.137. The molecule has 3 aromatic rings. The van der Waals surface area contributed by atoms with Crippen LogP contribution in [0.15, 0.2) is 84.0 Å². The molecular weight excluding hydrogens is 463 g/mol. The van der Waals surface area contributed by atoms with Gasteiger partial charge in [-0.15, -0.1) is 0 Å². The molecule has 0 radical (unpaired) electrons. The Morgan fingerprint density at radius 1 is 0.917 bits per heavy atom. The van der Waals surface area contributed by atoms with Crippen molar-refractivity contribution in [2.75, 3.05) is 5.32 Å². The number of para-hydroxylation sites is 2. The molecule has 0 amide bonds. The first-order chi connectivity index (χ1) is 17.2. The summed E-state index contributed by atoms with van der Waals surface area (Å²) in [6.07, 6.45) is -2.67. The van der Waals surface area contributed by atoms with E-state index in [0.29, 0.717) is 11.4 Å². The van der Waals surface area contributed by atoms with Gasteiger partial charge in [0.15, 0.2) is 0 Å². The fourth-order valence-electron chi connectivity index (χ4n) is 4.17. The second-order valence-corrected chi connectivity index (χ2v) is 8.82. The Morgan fingerprint density at radius 2 is 1.67 bits per heavy atom. The molecule has 5 nitrogen and oxygen atoms in total. The van der Waals surface area contributed by atoms with Gasteiger partial charge < -0.3 is 9.88 Å². The average Bonchev–Trinajstić information content (AvgIpc) is 2.84. The first kappa shape index (κ1) is 23.5. The van der Waals surface area contributed by atoms with Crippen LogP contribution in [0.3, 0.4) is 0 Å². The van der Waals surface area contributed by atoms with Crippen LogP contribution in [0.1, 0.15) is 25.1 Å². The maximum absolute atomic E-state index is 13.2. The van der Waals surface area contributed by atoms with Gasteiger partial charge >= 0.3 is 6.18 Å². The molecule has 0 atom stereocenters. The summed E-state index contributed by atoms with van der Waals surface area (Å²) >= 11 is 0. The second-order valence-electron chi connectivity index (χ2n) is 8.82. The van der Waals surface area contributed by atoms with Gasteiger partial charge in [0.05, 0.1) is 50.4 Å². The number of aromatic nitrogens is 3. The van der Waals surface area contributed by atoms with Gasteiger partial charge in [-0.25, -0.2) is 4.98 Å². The predicted molar refractivity (Wildman–Crippen MR) is 136 cm³/mol. The van der Waals surface area contributed by atoms with E-state index in [1.165, 1.54) is 12.1 Å². The van der Waals surface area contributed by atoms with Crippen LogP contribution < -0.4 is 10.7 Å². The molecule has 2 heterocycles. The largest absolute Gasteiger partial charge is 0.416 e. The highest BCUT2D eigenvalue weighted by atomic mass is 19.4.